The van der Waals surface area contributed by atoms with E-state index in [2.05, 4.69) is 21.2 Å². The van der Waals surface area contributed by atoms with E-state index in [-0.39, 0.29) is 0 Å². The molecule has 0 amide bonds. The van der Waals surface area contributed by atoms with Crippen molar-refractivity contribution in [2.45, 2.75) is 0 Å². The highest BCUT2D eigenvalue weighted by Gasteiger charge is 2.04. The SMILES string of the molecule is COc1cc(N)cc(Nc2cc(Cl)ccc2Br)c1. The Morgan fingerprint density at radius 2 is 2.00 bits per heavy atom. The summed E-state index contributed by atoms with van der Waals surface area (Å²) in [4.78, 5) is 0. The highest BCUT2D eigenvalue weighted by Crippen LogP contribution is 2.31. The normalized spacial score (nSPS) is 10.2. The Morgan fingerprint density at radius 1 is 1.22 bits per heavy atom. The number of rotatable bonds is 3. The molecule has 0 atom stereocenters. The van der Waals surface area contributed by atoms with Gasteiger partial charge in [-0.25, -0.2) is 0 Å². The first-order valence-electron chi connectivity index (χ1n) is 5.25. The molecule has 2 aromatic carbocycles. The Kier molecular flexibility index (Phi) is 3.99. The molecule has 2 aromatic rings. The van der Waals surface area contributed by atoms with Crippen LogP contribution in [0.3, 0.4) is 0 Å². The van der Waals surface area contributed by atoms with Crippen LogP contribution in [0.15, 0.2) is 40.9 Å². The fourth-order valence-corrected chi connectivity index (χ4v) is 2.08. The first-order valence-corrected chi connectivity index (χ1v) is 6.42. The van der Waals surface area contributed by atoms with Crippen LogP contribution in [0.2, 0.25) is 5.02 Å². The quantitative estimate of drug-likeness (QED) is 0.819. The summed E-state index contributed by atoms with van der Waals surface area (Å²) >= 11 is 9.42. The molecule has 18 heavy (non-hydrogen) atoms. The summed E-state index contributed by atoms with van der Waals surface area (Å²) in [5, 5.41) is 3.90. The van der Waals surface area contributed by atoms with Crippen LogP contribution in [0, 0.1) is 0 Å². The van der Waals surface area contributed by atoms with Gasteiger partial charge in [0.15, 0.2) is 0 Å². The third-order valence-corrected chi connectivity index (χ3v) is 3.30. The minimum atomic E-state index is 0.634. The first-order chi connectivity index (χ1) is 8.58. The Balaban J connectivity index is 2.33. The standard InChI is InChI=1S/C13H12BrClN2O/c1-18-11-6-9(16)5-10(7-11)17-13-4-8(15)2-3-12(13)14/h2-7,17H,16H2,1H3. The summed E-state index contributed by atoms with van der Waals surface area (Å²) in [6.45, 7) is 0. The maximum absolute atomic E-state index is 5.96. The Bertz CT molecular complexity index is 575. The van der Waals surface area contributed by atoms with E-state index in [1.54, 1.807) is 13.2 Å². The van der Waals surface area contributed by atoms with Crippen LogP contribution in [0.4, 0.5) is 17.1 Å². The fraction of sp³-hybridized carbons (Fsp3) is 0.0769. The average molecular weight is 328 g/mol. The predicted molar refractivity (Wildman–Crippen MR) is 79.8 cm³/mol. The van der Waals surface area contributed by atoms with Gasteiger partial charge >= 0.3 is 0 Å². The maximum Gasteiger partial charge on any atom is 0.122 e. The van der Waals surface area contributed by atoms with Gasteiger partial charge in [0.2, 0.25) is 0 Å². The first kappa shape index (κ1) is 13.1. The van der Waals surface area contributed by atoms with Crippen molar-refractivity contribution in [2.24, 2.45) is 0 Å². The van der Waals surface area contributed by atoms with Gasteiger partial charge in [0.1, 0.15) is 5.75 Å². The Labute approximate surface area is 119 Å². The van der Waals surface area contributed by atoms with E-state index in [0.717, 1.165) is 15.8 Å². The van der Waals surface area contributed by atoms with Crippen LogP contribution >= 0.6 is 27.5 Å². The van der Waals surface area contributed by atoms with E-state index in [1.165, 1.54) is 0 Å². The van der Waals surface area contributed by atoms with Crippen molar-refractivity contribution < 1.29 is 4.74 Å². The lowest BCUT2D eigenvalue weighted by Crippen LogP contribution is -1.95. The number of methoxy groups -OCH3 is 1. The molecule has 0 radical (unpaired) electrons. The molecule has 0 heterocycles. The third kappa shape index (κ3) is 3.09. The summed E-state index contributed by atoms with van der Waals surface area (Å²) in [7, 11) is 1.61. The van der Waals surface area contributed by atoms with E-state index in [4.69, 9.17) is 22.1 Å². The van der Waals surface area contributed by atoms with Gasteiger partial charge in [0.25, 0.3) is 0 Å². The molecule has 3 N–H and O–H groups in total. The molecule has 0 aliphatic rings. The smallest absolute Gasteiger partial charge is 0.122 e. The van der Waals surface area contributed by atoms with Gasteiger partial charge < -0.3 is 15.8 Å². The second-order valence-electron chi connectivity index (χ2n) is 3.74. The number of hydrogen-bond acceptors (Lipinski definition) is 3. The highest BCUT2D eigenvalue weighted by molar-refractivity contribution is 9.10. The summed E-state index contributed by atoms with van der Waals surface area (Å²) in [5.74, 6) is 0.704. The number of halogens is 2. The molecule has 0 fully saturated rings. The summed E-state index contributed by atoms with van der Waals surface area (Å²) in [6.07, 6.45) is 0. The summed E-state index contributed by atoms with van der Waals surface area (Å²) in [6, 6.07) is 11.0. The molecule has 0 aliphatic heterocycles. The molecule has 0 unspecified atom stereocenters. The lowest BCUT2D eigenvalue weighted by Gasteiger charge is -2.11. The number of nitrogens with one attached hydrogen (secondary N) is 1. The average Bonchev–Trinajstić information content (AvgIpc) is 2.33. The second kappa shape index (κ2) is 5.50. The monoisotopic (exact) mass is 326 g/mol. The minimum Gasteiger partial charge on any atom is -0.497 e. The number of hydrogen-bond donors (Lipinski definition) is 2. The predicted octanol–water partition coefficient (Wildman–Crippen LogP) is 4.44. The molecular weight excluding hydrogens is 316 g/mol. The van der Waals surface area contributed by atoms with Crippen LogP contribution in [-0.4, -0.2) is 7.11 Å². The number of ether oxygens (including phenoxy) is 1. The highest BCUT2D eigenvalue weighted by atomic mass is 79.9. The molecule has 3 nitrogen and oxygen atoms in total. The molecule has 0 saturated carbocycles. The van der Waals surface area contributed by atoms with Crippen molar-refractivity contribution in [2.75, 3.05) is 18.2 Å². The van der Waals surface area contributed by atoms with Crippen molar-refractivity contribution in [1.29, 1.82) is 0 Å². The second-order valence-corrected chi connectivity index (χ2v) is 5.03. The molecule has 0 aromatic heterocycles. The van der Waals surface area contributed by atoms with Crippen molar-refractivity contribution in [3.05, 3.63) is 45.9 Å². The fourth-order valence-electron chi connectivity index (χ4n) is 1.56. The van der Waals surface area contributed by atoms with Gasteiger partial charge in [0.05, 0.1) is 12.8 Å². The maximum atomic E-state index is 5.96. The molecule has 0 aliphatic carbocycles. The van der Waals surface area contributed by atoms with Crippen LogP contribution in [-0.2, 0) is 0 Å². The molecule has 94 valence electrons. The Morgan fingerprint density at radius 3 is 2.72 bits per heavy atom. The number of nitrogens with two attached hydrogens (primary N) is 1. The van der Waals surface area contributed by atoms with E-state index in [9.17, 15) is 0 Å². The zero-order chi connectivity index (χ0) is 13.1. The van der Waals surface area contributed by atoms with Gasteiger partial charge in [-0.15, -0.1) is 0 Å². The molecule has 0 bridgehead atoms. The van der Waals surface area contributed by atoms with Gasteiger partial charge in [-0.05, 0) is 40.2 Å². The van der Waals surface area contributed by atoms with E-state index >= 15 is 0 Å². The van der Waals surface area contributed by atoms with Gasteiger partial charge in [-0.1, -0.05) is 11.6 Å². The molecular formula is C13H12BrClN2O. The topological polar surface area (TPSA) is 47.3 Å². The molecule has 5 heteroatoms. The zero-order valence-corrected chi connectivity index (χ0v) is 12.0. The molecule has 2 rings (SSSR count). The third-order valence-electron chi connectivity index (χ3n) is 2.37. The van der Waals surface area contributed by atoms with Gasteiger partial charge in [-0.2, -0.15) is 0 Å². The number of nitrogen functional groups attached to an aromatic ring is 1. The van der Waals surface area contributed by atoms with Gasteiger partial charge in [-0.3, -0.25) is 0 Å². The summed E-state index contributed by atoms with van der Waals surface area (Å²) < 4.78 is 6.09. The van der Waals surface area contributed by atoms with Crippen LogP contribution in [0.1, 0.15) is 0 Å². The number of benzene rings is 2. The van der Waals surface area contributed by atoms with Crippen molar-refractivity contribution in [3.63, 3.8) is 0 Å². The molecule has 0 spiro atoms. The summed E-state index contributed by atoms with van der Waals surface area (Å²) in [5.41, 5.74) is 8.15. The van der Waals surface area contributed by atoms with Crippen molar-refractivity contribution in [1.82, 2.24) is 0 Å². The van der Waals surface area contributed by atoms with E-state index in [1.807, 2.05) is 30.3 Å². The van der Waals surface area contributed by atoms with Crippen molar-refractivity contribution in [3.8, 4) is 5.75 Å². The lowest BCUT2D eigenvalue weighted by molar-refractivity contribution is 0.415. The lowest BCUT2D eigenvalue weighted by atomic mass is 10.2. The van der Waals surface area contributed by atoms with Crippen molar-refractivity contribution >= 4 is 44.6 Å². The van der Waals surface area contributed by atoms with E-state index < -0.39 is 0 Å². The molecule has 0 saturated heterocycles. The van der Waals surface area contributed by atoms with Crippen LogP contribution in [0.5, 0.6) is 5.75 Å². The Hall–Kier alpha value is -1.39. The number of anilines is 3. The minimum absolute atomic E-state index is 0.634. The van der Waals surface area contributed by atoms with Crippen LogP contribution < -0.4 is 15.8 Å². The van der Waals surface area contributed by atoms with Gasteiger partial charge in [0, 0.05) is 33.0 Å². The van der Waals surface area contributed by atoms with Crippen LogP contribution in [0.25, 0.3) is 0 Å². The zero-order valence-electron chi connectivity index (χ0n) is 9.71. The largest absolute Gasteiger partial charge is 0.497 e. The van der Waals surface area contributed by atoms with E-state index in [0.29, 0.717) is 16.5 Å².